The number of fused-ring (bicyclic) bond motifs is 1. The Labute approximate surface area is 143 Å². The molecule has 2 N–H and O–H groups in total. The van der Waals surface area contributed by atoms with Crippen molar-refractivity contribution in [3.05, 3.63) is 53.1 Å². The summed E-state index contributed by atoms with van der Waals surface area (Å²) in [6.45, 7) is 10.5. The predicted octanol–water partition coefficient (Wildman–Crippen LogP) is 4.87. The Kier molecular flexibility index (Phi) is 3.78. The number of hydrogen-bond donors (Lipinski definition) is 2. The van der Waals surface area contributed by atoms with E-state index in [1.165, 1.54) is 5.56 Å². The molecule has 0 bridgehead atoms. The Balaban J connectivity index is 2.18. The van der Waals surface area contributed by atoms with Gasteiger partial charge in [-0.25, -0.2) is 0 Å². The molecule has 1 aliphatic rings. The molecule has 24 heavy (non-hydrogen) atoms. The normalized spacial score (nSPS) is 21.8. The van der Waals surface area contributed by atoms with Gasteiger partial charge in [0.05, 0.1) is 6.10 Å². The molecule has 0 spiro atoms. The average Bonchev–Trinajstić information content (AvgIpc) is 2.67. The van der Waals surface area contributed by atoms with Crippen LogP contribution in [0.4, 0.5) is 0 Å². The molecule has 0 aliphatic heterocycles. The molecule has 0 radical (unpaired) electrons. The zero-order valence-electron chi connectivity index (χ0n) is 15.1. The maximum Gasteiger partial charge on any atom is 0.161 e. The Morgan fingerprint density at radius 2 is 1.71 bits per heavy atom. The summed E-state index contributed by atoms with van der Waals surface area (Å²) in [6.07, 6.45) is 0.916. The van der Waals surface area contributed by atoms with Gasteiger partial charge in [-0.05, 0) is 66.6 Å². The van der Waals surface area contributed by atoms with E-state index in [1.54, 1.807) is 6.07 Å². The molecule has 1 atom stereocenters. The molecule has 0 heterocycles. The highest BCUT2D eigenvalue weighted by molar-refractivity contribution is 5.58. The van der Waals surface area contributed by atoms with Crippen LogP contribution in [0.15, 0.2) is 36.4 Å². The minimum atomic E-state index is -0.259. The van der Waals surface area contributed by atoms with E-state index in [9.17, 15) is 10.2 Å². The second kappa shape index (κ2) is 5.44. The first kappa shape index (κ1) is 16.7. The molecule has 3 rings (SSSR count). The first-order valence-corrected chi connectivity index (χ1v) is 8.47. The smallest absolute Gasteiger partial charge is 0.161 e. The molecule has 2 aromatic carbocycles. The predicted molar refractivity (Wildman–Crippen MR) is 96.1 cm³/mol. The van der Waals surface area contributed by atoms with E-state index >= 15 is 0 Å². The van der Waals surface area contributed by atoms with Crippen molar-refractivity contribution in [3.63, 3.8) is 0 Å². The third-order valence-corrected chi connectivity index (χ3v) is 5.06. The highest BCUT2D eigenvalue weighted by Crippen LogP contribution is 2.55. The van der Waals surface area contributed by atoms with Crippen LogP contribution in [0.2, 0.25) is 0 Å². The molecule has 0 saturated heterocycles. The van der Waals surface area contributed by atoms with E-state index in [0.29, 0.717) is 5.75 Å². The molecule has 3 heteroatoms. The second-order valence-corrected chi connectivity index (χ2v) is 7.98. The molecule has 0 fully saturated rings. The fourth-order valence-electron chi connectivity index (χ4n) is 4.11. The van der Waals surface area contributed by atoms with Gasteiger partial charge in [-0.2, -0.15) is 0 Å². The van der Waals surface area contributed by atoms with Gasteiger partial charge in [-0.15, -0.1) is 0 Å². The molecule has 0 aromatic heterocycles. The van der Waals surface area contributed by atoms with Crippen LogP contribution in [0, 0.1) is 0 Å². The van der Waals surface area contributed by atoms with Crippen LogP contribution in [0.5, 0.6) is 17.2 Å². The highest BCUT2D eigenvalue weighted by Gasteiger charge is 2.46. The zero-order valence-corrected chi connectivity index (χ0v) is 15.1. The summed E-state index contributed by atoms with van der Waals surface area (Å²) in [6, 6.07) is 11.2. The van der Waals surface area contributed by atoms with Gasteiger partial charge in [-0.3, -0.25) is 0 Å². The average molecular weight is 326 g/mol. The first-order valence-electron chi connectivity index (χ1n) is 8.47. The van der Waals surface area contributed by atoms with Crippen molar-refractivity contribution >= 4 is 0 Å². The summed E-state index contributed by atoms with van der Waals surface area (Å²) in [4.78, 5) is 0. The Bertz CT molecular complexity index is 777. The lowest BCUT2D eigenvalue weighted by molar-refractivity contribution is 0.231. The number of ether oxygens (including phenoxy) is 1. The van der Waals surface area contributed by atoms with Crippen molar-refractivity contribution in [2.45, 2.75) is 58.0 Å². The van der Waals surface area contributed by atoms with Crippen molar-refractivity contribution in [3.8, 4) is 17.2 Å². The van der Waals surface area contributed by atoms with Crippen LogP contribution < -0.4 is 4.74 Å². The number of phenols is 2. The maximum atomic E-state index is 10.5. The monoisotopic (exact) mass is 326 g/mol. The van der Waals surface area contributed by atoms with Crippen LogP contribution in [-0.2, 0) is 10.8 Å². The maximum absolute atomic E-state index is 10.5. The van der Waals surface area contributed by atoms with Crippen molar-refractivity contribution in [2.24, 2.45) is 0 Å². The van der Waals surface area contributed by atoms with E-state index in [-0.39, 0.29) is 28.4 Å². The standard InChI is InChI=1S/C21H26O3/c1-13(2)24-19-11-16-17(10-18(19)23)21(5,12-20(16,3)4)14-7-6-8-15(22)9-14/h6-11,13,22-23H,12H2,1-5H3. The first-order chi connectivity index (χ1) is 11.1. The summed E-state index contributed by atoms with van der Waals surface area (Å²) in [5, 5.41) is 20.3. The summed E-state index contributed by atoms with van der Waals surface area (Å²) in [5.74, 6) is 0.979. The third-order valence-electron chi connectivity index (χ3n) is 5.06. The molecule has 0 saturated carbocycles. The van der Waals surface area contributed by atoms with Gasteiger partial charge in [0.1, 0.15) is 5.75 Å². The molecule has 3 nitrogen and oxygen atoms in total. The summed E-state index contributed by atoms with van der Waals surface area (Å²) >= 11 is 0. The van der Waals surface area contributed by atoms with Crippen LogP contribution >= 0.6 is 0 Å². The lowest BCUT2D eigenvalue weighted by Gasteiger charge is -2.28. The van der Waals surface area contributed by atoms with Crippen molar-refractivity contribution in [1.29, 1.82) is 0 Å². The van der Waals surface area contributed by atoms with Crippen LogP contribution in [0.1, 0.15) is 57.7 Å². The Hall–Kier alpha value is -2.16. The Morgan fingerprint density at radius 1 is 1.00 bits per heavy atom. The third kappa shape index (κ3) is 2.62. The lowest BCUT2D eigenvalue weighted by atomic mass is 9.75. The molecule has 2 aromatic rings. The molecule has 0 amide bonds. The van der Waals surface area contributed by atoms with E-state index in [1.807, 2.05) is 44.2 Å². The van der Waals surface area contributed by atoms with Crippen LogP contribution in [-0.4, -0.2) is 16.3 Å². The number of benzene rings is 2. The summed E-state index contributed by atoms with van der Waals surface area (Å²) < 4.78 is 5.77. The van der Waals surface area contributed by atoms with Crippen LogP contribution in [0.25, 0.3) is 0 Å². The molecule has 1 unspecified atom stereocenters. The fraction of sp³-hybridized carbons (Fsp3) is 0.429. The molecule has 128 valence electrons. The van der Waals surface area contributed by atoms with Crippen LogP contribution in [0.3, 0.4) is 0 Å². The number of rotatable bonds is 3. The van der Waals surface area contributed by atoms with Crippen molar-refractivity contribution in [1.82, 2.24) is 0 Å². The van der Waals surface area contributed by atoms with Gasteiger partial charge in [0.25, 0.3) is 0 Å². The topological polar surface area (TPSA) is 49.7 Å². The number of hydrogen-bond acceptors (Lipinski definition) is 3. The number of aromatic hydroxyl groups is 2. The van der Waals surface area contributed by atoms with Gasteiger partial charge in [-0.1, -0.05) is 32.9 Å². The van der Waals surface area contributed by atoms with E-state index < -0.39 is 0 Å². The highest BCUT2D eigenvalue weighted by atomic mass is 16.5. The molecule has 1 aliphatic carbocycles. The lowest BCUT2D eigenvalue weighted by Crippen LogP contribution is -2.23. The van der Waals surface area contributed by atoms with Gasteiger partial charge < -0.3 is 14.9 Å². The quantitative estimate of drug-likeness (QED) is 0.846. The summed E-state index contributed by atoms with van der Waals surface area (Å²) in [7, 11) is 0. The molecular weight excluding hydrogens is 300 g/mol. The minimum absolute atomic E-state index is 0.0101. The van der Waals surface area contributed by atoms with Gasteiger partial charge in [0.2, 0.25) is 0 Å². The van der Waals surface area contributed by atoms with Gasteiger partial charge >= 0.3 is 0 Å². The van der Waals surface area contributed by atoms with Gasteiger partial charge in [0.15, 0.2) is 11.5 Å². The van der Waals surface area contributed by atoms with E-state index in [2.05, 4.69) is 20.8 Å². The SMILES string of the molecule is CC(C)Oc1cc2c(cc1O)C(C)(c1cccc(O)c1)CC2(C)C. The number of phenolic OH excluding ortho intramolecular Hbond substituents is 2. The largest absolute Gasteiger partial charge is 0.508 e. The van der Waals surface area contributed by atoms with Crippen molar-refractivity contribution < 1.29 is 14.9 Å². The fourth-order valence-corrected chi connectivity index (χ4v) is 4.11. The Morgan fingerprint density at radius 3 is 2.33 bits per heavy atom. The second-order valence-electron chi connectivity index (χ2n) is 7.98. The van der Waals surface area contributed by atoms with Crippen molar-refractivity contribution in [2.75, 3.05) is 0 Å². The molecular formula is C21H26O3. The van der Waals surface area contributed by atoms with E-state index in [4.69, 9.17) is 4.74 Å². The zero-order chi connectivity index (χ0) is 17.7. The summed E-state index contributed by atoms with van der Waals surface area (Å²) in [5.41, 5.74) is 3.06. The minimum Gasteiger partial charge on any atom is -0.508 e. The van der Waals surface area contributed by atoms with Gasteiger partial charge in [0, 0.05) is 5.41 Å². The van der Waals surface area contributed by atoms with E-state index in [0.717, 1.165) is 17.5 Å².